The Morgan fingerprint density at radius 2 is 1.72 bits per heavy atom. The second-order valence-electron chi connectivity index (χ2n) is 17.4. The predicted molar refractivity (Wildman–Crippen MR) is 232 cm³/mol. The molecule has 1 aromatic heterocycles. The number of aromatic amines is 1. The Bertz CT molecular complexity index is 2960. The molecule has 4 saturated heterocycles. The summed E-state index contributed by atoms with van der Waals surface area (Å²) in [6.07, 6.45) is 1.63. The third-order valence-electron chi connectivity index (χ3n) is 13.1. The normalized spacial score (nSPS) is 21.0. The largest absolute Gasteiger partial charge is 0.370 e. The van der Waals surface area contributed by atoms with Gasteiger partial charge in [0.1, 0.15) is 18.0 Å². The van der Waals surface area contributed by atoms with Crippen LogP contribution in [0.2, 0.25) is 0 Å². The number of likely N-dealkylation sites (tertiary alicyclic amines) is 1. The van der Waals surface area contributed by atoms with Crippen LogP contribution in [0.15, 0.2) is 79.0 Å². The average molecular weight is 890 g/mol. The van der Waals surface area contributed by atoms with Crippen LogP contribution in [0, 0.1) is 28.9 Å². The zero-order valence-electron chi connectivity index (χ0n) is 34.4. The van der Waals surface area contributed by atoms with Crippen molar-refractivity contribution in [2.45, 2.75) is 44.4 Å². The van der Waals surface area contributed by atoms with Gasteiger partial charge in [-0.15, -0.1) is 0 Å². The first-order chi connectivity index (χ1) is 30.7. The van der Waals surface area contributed by atoms with Gasteiger partial charge in [-0.1, -0.05) is 30.0 Å². The van der Waals surface area contributed by atoms with E-state index in [1.54, 1.807) is 17.0 Å². The van der Waals surface area contributed by atoms with Gasteiger partial charge >= 0.3 is 10.2 Å². The number of rotatable bonds is 9. The topological polar surface area (TPSA) is 155 Å². The molecule has 17 heteroatoms. The molecule has 4 fully saturated rings. The van der Waals surface area contributed by atoms with Crippen molar-refractivity contribution in [3.8, 4) is 23.0 Å². The van der Waals surface area contributed by atoms with Gasteiger partial charge in [0.15, 0.2) is 5.82 Å². The van der Waals surface area contributed by atoms with Crippen LogP contribution in [0.1, 0.15) is 63.1 Å². The van der Waals surface area contributed by atoms with Gasteiger partial charge < -0.3 is 14.8 Å². The number of piperidine rings is 1. The summed E-state index contributed by atoms with van der Waals surface area (Å²) in [4.78, 5) is 60.2. The molecule has 13 nitrogen and oxygen atoms in total. The summed E-state index contributed by atoms with van der Waals surface area (Å²) in [6.45, 7) is 4.17. The number of nitrogens with zero attached hydrogens (tertiary/aromatic N) is 4. The molecule has 3 amide bonds. The first-order valence-electron chi connectivity index (χ1n) is 21.1. The van der Waals surface area contributed by atoms with Gasteiger partial charge in [-0.05, 0) is 97.1 Å². The maximum atomic E-state index is 15.7. The molecule has 3 N–H and O–H groups in total. The molecule has 64 heavy (non-hydrogen) atoms. The number of benzene rings is 4. The summed E-state index contributed by atoms with van der Waals surface area (Å²) in [5.74, 6) is 2.17. The van der Waals surface area contributed by atoms with E-state index in [1.165, 1.54) is 6.20 Å². The number of anilines is 2. The highest BCUT2D eigenvalue weighted by molar-refractivity contribution is 7.90. The Kier molecular flexibility index (Phi) is 10.3. The number of amides is 3. The number of halogens is 3. The van der Waals surface area contributed by atoms with E-state index in [1.807, 2.05) is 47.2 Å². The molecule has 4 aromatic carbocycles. The van der Waals surface area contributed by atoms with Crippen molar-refractivity contribution in [3.05, 3.63) is 118 Å². The summed E-state index contributed by atoms with van der Waals surface area (Å²) in [5.41, 5.74) is 4.14. The number of aromatic nitrogens is 1. The van der Waals surface area contributed by atoms with Gasteiger partial charge in [0, 0.05) is 90.6 Å². The van der Waals surface area contributed by atoms with Crippen LogP contribution in [-0.2, 0) is 26.3 Å². The highest BCUT2D eigenvalue weighted by Crippen LogP contribution is 2.43. The minimum absolute atomic E-state index is 0.00345. The number of fused-ring (bicyclic) bond motifs is 2. The lowest BCUT2D eigenvalue weighted by Gasteiger charge is -2.49. The van der Waals surface area contributed by atoms with E-state index in [0.717, 1.165) is 77.0 Å². The molecule has 5 aromatic rings. The fraction of sp³-hybridized carbons (Fsp3) is 0.319. The van der Waals surface area contributed by atoms with Crippen molar-refractivity contribution in [2.75, 3.05) is 55.4 Å². The molecular formula is C47H42F3N7O6S. The highest BCUT2D eigenvalue weighted by Gasteiger charge is 2.48. The van der Waals surface area contributed by atoms with Crippen LogP contribution in [0.4, 0.5) is 24.5 Å². The summed E-state index contributed by atoms with van der Waals surface area (Å²) in [5, 5.41) is 2.77. The monoisotopic (exact) mass is 889 g/mol. The summed E-state index contributed by atoms with van der Waals surface area (Å²) >= 11 is 0. The second-order valence-corrected chi connectivity index (χ2v) is 19.0. The summed E-state index contributed by atoms with van der Waals surface area (Å²) < 4.78 is 73.0. The molecule has 328 valence electrons. The Morgan fingerprint density at radius 3 is 2.48 bits per heavy atom. The number of ketones is 1. The standard InChI is InChI=1S/C47H42F3N7O6S/c48-32-15-18-56(24-32)64(62,63)53-39-12-10-37(49)42(43(39)50)44(59)36-22-51-38-11-7-30(21-35(36)38)29-5-3-28(4-6-29)2-1-17-54-19-16-47(25-54)26-55(27-47)33-8-9-34-31(20-33)23-57(46(34)61)40-13-14-41(58)52-45(40)60/h3-12,20-22,32,40,51,53H,13-19,23-27H2,(H,52,58,60)/t32-,40?/m1/s1. The number of nitrogens with one attached hydrogen (secondary N) is 3. The van der Waals surface area contributed by atoms with Crippen LogP contribution >= 0.6 is 0 Å². The van der Waals surface area contributed by atoms with Gasteiger partial charge in [-0.3, -0.25) is 34.1 Å². The third-order valence-corrected chi connectivity index (χ3v) is 14.6. The number of hydrogen-bond donors (Lipinski definition) is 3. The third kappa shape index (κ3) is 7.58. The van der Waals surface area contributed by atoms with Crippen molar-refractivity contribution in [3.63, 3.8) is 0 Å². The van der Waals surface area contributed by atoms with Crippen LogP contribution in [0.5, 0.6) is 0 Å². The minimum atomic E-state index is -4.35. The molecule has 1 unspecified atom stereocenters. The van der Waals surface area contributed by atoms with Crippen LogP contribution in [0.3, 0.4) is 0 Å². The number of H-pyrrole nitrogens is 1. The Labute approximate surface area is 366 Å². The molecule has 6 heterocycles. The first kappa shape index (κ1) is 41.5. The van der Waals surface area contributed by atoms with Gasteiger partial charge in [-0.25, -0.2) is 13.2 Å². The zero-order chi connectivity index (χ0) is 44.5. The Morgan fingerprint density at radius 1 is 0.922 bits per heavy atom. The average Bonchev–Trinajstić information content (AvgIpc) is 4.07. The van der Waals surface area contributed by atoms with Gasteiger partial charge in [0.2, 0.25) is 17.6 Å². The first-order valence-corrected chi connectivity index (χ1v) is 22.6. The Balaban J connectivity index is 0.756. The van der Waals surface area contributed by atoms with E-state index in [-0.39, 0.29) is 48.7 Å². The molecule has 10 rings (SSSR count). The van der Waals surface area contributed by atoms with Gasteiger partial charge in [0.05, 0.1) is 17.8 Å². The van der Waals surface area contributed by atoms with E-state index in [0.29, 0.717) is 36.0 Å². The second kappa shape index (κ2) is 15.9. The van der Waals surface area contributed by atoms with E-state index < -0.39 is 57.0 Å². The fourth-order valence-electron chi connectivity index (χ4n) is 9.70. The summed E-state index contributed by atoms with van der Waals surface area (Å²) in [7, 11) is -4.35. The van der Waals surface area contributed by atoms with E-state index in [4.69, 9.17) is 0 Å². The van der Waals surface area contributed by atoms with Crippen LogP contribution in [0.25, 0.3) is 22.0 Å². The molecule has 5 aliphatic heterocycles. The van der Waals surface area contributed by atoms with Crippen LogP contribution in [-0.4, -0.2) is 109 Å². The quantitative estimate of drug-likeness (QED) is 0.102. The number of imide groups is 1. The number of alkyl halides is 1. The number of hydrogen-bond acceptors (Lipinski definition) is 8. The van der Waals surface area contributed by atoms with Crippen molar-refractivity contribution in [1.82, 2.24) is 24.4 Å². The van der Waals surface area contributed by atoms with E-state index in [2.05, 4.69) is 38.0 Å². The maximum absolute atomic E-state index is 15.7. The number of carbonyl (C=O) groups is 4. The molecule has 0 radical (unpaired) electrons. The molecular weight excluding hydrogens is 848 g/mol. The molecule has 2 atom stereocenters. The lowest BCUT2D eigenvalue weighted by atomic mass is 9.78. The zero-order valence-corrected chi connectivity index (χ0v) is 35.2. The lowest BCUT2D eigenvalue weighted by molar-refractivity contribution is -0.136. The van der Waals surface area contributed by atoms with Crippen molar-refractivity contribution in [2.24, 2.45) is 5.41 Å². The van der Waals surface area contributed by atoms with Crippen LogP contribution < -0.4 is 14.9 Å². The smallest absolute Gasteiger partial charge is 0.301 e. The molecule has 5 aliphatic rings. The van der Waals surface area contributed by atoms with E-state index >= 15 is 8.78 Å². The van der Waals surface area contributed by atoms with Crippen molar-refractivity contribution < 1.29 is 40.8 Å². The summed E-state index contributed by atoms with van der Waals surface area (Å²) in [6, 6.07) is 20.0. The lowest BCUT2D eigenvalue weighted by Crippen LogP contribution is -2.57. The van der Waals surface area contributed by atoms with Crippen molar-refractivity contribution >= 4 is 56.0 Å². The maximum Gasteiger partial charge on any atom is 0.301 e. The Hall–Kier alpha value is -6.48. The number of carbonyl (C=O) groups excluding carboxylic acids is 4. The highest BCUT2D eigenvalue weighted by atomic mass is 32.2. The van der Waals surface area contributed by atoms with Gasteiger partial charge in [0.25, 0.3) is 5.91 Å². The SMILES string of the molecule is O=C1CCC(N2Cc3cc(N4CC5(CCN(CC#Cc6ccc(-c7ccc8[nH]cc(C(=O)c9c(F)ccc(NS(=O)(=O)N%10CC[C@@H](F)C%10)c9F)c8c7)cc6)C5)C4)ccc3C2=O)C(=O)N1. The molecule has 0 saturated carbocycles. The molecule has 1 spiro atoms. The van der Waals surface area contributed by atoms with Crippen molar-refractivity contribution in [1.29, 1.82) is 0 Å². The predicted octanol–water partition coefficient (Wildman–Crippen LogP) is 5.37. The minimum Gasteiger partial charge on any atom is -0.370 e. The molecule has 0 bridgehead atoms. The van der Waals surface area contributed by atoms with E-state index in [9.17, 15) is 32.0 Å². The van der Waals surface area contributed by atoms with Gasteiger partial charge in [-0.2, -0.15) is 12.7 Å². The fourth-order valence-corrected chi connectivity index (χ4v) is 11.0. The molecule has 0 aliphatic carbocycles.